The molecule has 0 aliphatic heterocycles. The number of nitrogens with one attached hydrogen (secondary N) is 1. The Balaban J connectivity index is 1.62. The zero-order valence-electron chi connectivity index (χ0n) is 16.7. The van der Waals surface area contributed by atoms with Crippen molar-refractivity contribution in [2.45, 2.75) is 25.5 Å². The fourth-order valence-corrected chi connectivity index (χ4v) is 4.34. The maximum atomic E-state index is 11.9. The number of ether oxygens (including phenoxy) is 1. The Hall–Kier alpha value is -3.65. The van der Waals surface area contributed by atoms with E-state index in [2.05, 4.69) is 10.3 Å². The molecule has 1 amide bonds. The second-order valence-electron chi connectivity index (χ2n) is 7.47. The number of thiophene rings is 1. The minimum atomic E-state index is -0.572. The van der Waals surface area contributed by atoms with E-state index in [9.17, 15) is 4.79 Å². The summed E-state index contributed by atoms with van der Waals surface area (Å²) in [7, 11) is 0. The van der Waals surface area contributed by atoms with Gasteiger partial charge in [-0.25, -0.2) is 9.97 Å². The Kier molecular flexibility index (Phi) is 4.91. The fraction of sp³-hybridized carbons (Fsp3) is 0.174. The number of rotatable bonds is 7. The Morgan fingerprint density at radius 2 is 1.84 bits per heavy atom. The molecule has 0 unspecified atom stereocenters. The molecule has 0 radical (unpaired) electrons. The number of nitrogens with two attached hydrogens (primary N) is 2. The van der Waals surface area contributed by atoms with Crippen LogP contribution in [0, 0.1) is 0 Å². The topological polar surface area (TPSA) is 116 Å². The molecular formula is C23H21N5O2S. The van der Waals surface area contributed by atoms with Crippen LogP contribution in [0.1, 0.15) is 28.1 Å². The molecule has 2 heterocycles. The van der Waals surface area contributed by atoms with Crippen molar-refractivity contribution in [2.24, 2.45) is 5.73 Å². The molecule has 0 saturated heterocycles. The first kappa shape index (κ1) is 19.3. The predicted molar refractivity (Wildman–Crippen MR) is 123 cm³/mol. The average molecular weight is 432 g/mol. The van der Waals surface area contributed by atoms with Crippen LogP contribution in [0.2, 0.25) is 0 Å². The zero-order valence-corrected chi connectivity index (χ0v) is 17.5. The summed E-state index contributed by atoms with van der Waals surface area (Å²) in [4.78, 5) is 22.2. The van der Waals surface area contributed by atoms with Crippen molar-refractivity contribution < 1.29 is 9.53 Å². The van der Waals surface area contributed by atoms with Crippen molar-refractivity contribution in [3.8, 4) is 17.0 Å². The Morgan fingerprint density at radius 1 is 1.10 bits per heavy atom. The third-order valence-electron chi connectivity index (χ3n) is 5.10. The zero-order chi connectivity index (χ0) is 21.4. The standard InChI is InChI=1S/C23H21N5O2S/c24-18-17-19(15-8-4-5-9-16(15)30-12-13-6-2-1-3-7-13)27-23(26-14-10-11-14)28-22(17)31-20(18)21(25)29/h1-9,14H,10-12,24H2,(H2,25,29)(H,26,27,28). The van der Waals surface area contributed by atoms with Gasteiger partial charge in [0.25, 0.3) is 5.91 Å². The summed E-state index contributed by atoms with van der Waals surface area (Å²) in [5, 5.41) is 3.96. The van der Waals surface area contributed by atoms with E-state index in [0.29, 0.717) is 45.9 Å². The fourth-order valence-electron chi connectivity index (χ4n) is 3.40. The summed E-state index contributed by atoms with van der Waals surface area (Å²) in [6, 6.07) is 18.0. The van der Waals surface area contributed by atoms with E-state index in [1.165, 1.54) is 11.3 Å². The van der Waals surface area contributed by atoms with Gasteiger partial charge in [0.2, 0.25) is 5.95 Å². The van der Waals surface area contributed by atoms with E-state index in [-0.39, 0.29) is 4.88 Å². The number of nitrogen functional groups attached to an aromatic ring is 1. The Labute approximate surface area is 183 Å². The Morgan fingerprint density at radius 3 is 2.58 bits per heavy atom. The van der Waals surface area contributed by atoms with E-state index in [0.717, 1.165) is 24.0 Å². The maximum Gasteiger partial charge on any atom is 0.260 e. The summed E-state index contributed by atoms with van der Waals surface area (Å²) in [5.41, 5.74) is 14.6. The number of benzene rings is 2. The highest BCUT2D eigenvalue weighted by Crippen LogP contribution is 2.42. The van der Waals surface area contributed by atoms with Crippen LogP contribution >= 0.6 is 11.3 Å². The number of primary amides is 1. The van der Waals surface area contributed by atoms with Gasteiger partial charge in [0.05, 0.1) is 16.8 Å². The van der Waals surface area contributed by atoms with Crippen LogP contribution in [0.15, 0.2) is 54.6 Å². The van der Waals surface area contributed by atoms with Gasteiger partial charge in [-0.3, -0.25) is 4.79 Å². The molecule has 5 N–H and O–H groups in total. The number of aromatic nitrogens is 2. The van der Waals surface area contributed by atoms with Gasteiger partial charge in [-0.05, 0) is 30.5 Å². The van der Waals surface area contributed by atoms with Crippen molar-refractivity contribution in [1.82, 2.24) is 9.97 Å². The lowest BCUT2D eigenvalue weighted by Crippen LogP contribution is -2.10. The molecule has 0 atom stereocenters. The summed E-state index contributed by atoms with van der Waals surface area (Å²) >= 11 is 1.19. The monoisotopic (exact) mass is 431 g/mol. The van der Waals surface area contributed by atoms with Crippen LogP contribution < -0.4 is 21.5 Å². The molecule has 0 spiro atoms. The van der Waals surface area contributed by atoms with Gasteiger partial charge in [-0.1, -0.05) is 42.5 Å². The molecule has 1 aliphatic carbocycles. The molecule has 7 nitrogen and oxygen atoms in total. The maximum absolute atomic E-state index is 11.9. The minimum Gasteiger partial charge on any atom is -0.488 e. The van der Waals surface area contributed by atoms with E-state index < -0.39 is 5.91 Å². The van der Waals surface area contributed by atoms with Crippen LogP contribution in [-0.4, -0.2) is 21.9 Å². The third kappa shape index (κ3) is 3.89. The number of hydrogen-bond acceptors (Lipinski definition) is 7. The largest absolute Gasteiger partial charge is 0.488 e. The normalized spacial score (nSPS) is 13.3. The number of para-hydroxylation sites is 1. The first-order valence-corrected chi connectivity index (χ1v) is 10.8. The van der Waals surface area contributed by atoms with Crippen molar-refractivity contribution in [2.75, 3.05) is 11.1 Å². The van der Waals surface area contributed by atoms with Crippen LogP contribution in [0.5, 0.6) is 5.75 Å². The van der Waals surface area contributed by atoms with Gasteiger partial charge in [-0.2, -0.15) is 0 Å². The molecule has 2 aromatic heterocycles. The molecule has 8 heteroatoms. The number of amides is 1. The average Bonchev–Trinajstić information content (AvgIpc) is 3.53. The lowest BCUT2D eigenvalue weighted by Gasteiger charge is -2.13. The summed E-state index contributed by atoms with van der Waals surface area (Å²) < 4.78 is 6.14. The SMILES string of the molecule is NC(=O)c1sc2nc(NC3CC3)nc(-c3ccccc3OCc3ccccc3)c2c1N. The molecule has 0 bridgehead atoms. The second kappa shape index (κ2) is 7.88. The number of carbonyl (C=O) groups excluding carboxylic acids is 1. The van der Waals surface area contributed by atoms with Crippen LogP contribution in [0.25, 0.3) is 21.5 Å². The quantitative estimate of drug-likeness (QED) is 0.404. The molecule has 31 heavy (non-hydrogen) atoms. The van der Waals surface area contributed by atoms with Crippen molar-refractivity contribution in [3.63, 3.8) is 0 Å². The molecule has 1 fully saturated rings. The number of anilines is 2. The van der Waals surface area contributed by atoms with Gasteiger partial charge in [0.15, 0.2) is 0 Å². The highest BCUT2D eigenvalue weighted by molar-refractivity contribution is 7.21. The van der Waals surface area contributed by atoms with E-state index in [4.69, 9.17) is 21.2 Å². The lowest BCUT2D eigenvalue weighted by molar-refractivity contribution is 0.100. The van der Waals surface area contributed by atoms with Gasteiger partial charge in [-0.15, -0.1) is 11.3 Å². The molecule has 5 rings (SSSR count). The van der Waals surface area contributed by atoms with Crippen LogP contribution in [0.3, 0.4) is 0 Å². The lowest BCUT2D eigenvalue weighted by atomic mass is 10.1. The van der Waals surface area contributed by atoms with Crippen molar-refractivity contribution in [1.29, 1.82) is 0 Å². The first-order chi connectivity index (χ1) is 15.1. The molecule has 2 aromatic carbocycles. The first-order valence-electron chi connectivity index (χ1n) is 10.0. The van der Waals surface area contributed by atoms with E-state index >= 15 is 0 Å². The highest BCUT2D eigenvalue weighted by atomic mass is 32.1. The number of nitrogens with zero attached hydrogens (tertiary/aromatic N) is 2. The van der Waals surface area contributed by atoms with Crippen molar-refractivity contribution in [3.05, 3.63) is 65.0 Å². The number of hydrogen-bond donors (Lipinski definition) is 3. The molecule has 1 aliphatic rings. The van der Waals surface area contributed by atoms with Gasteiger partial charge < -0.3 is 21.5 Å². The summed E-state index contributed by atoms with van der Waals surface area (Å²) in [5.74, 6) is 0.617. The minimum absolute atomic E-state index is 0.289. The van der Waals surface area contributed by atoms with Gasteiger partial charge >= 0.3 is 0 Å². The van der Waals surface area contributed by atoms with Crippen LogP contribution in [-0.2, 0) is 6.61 Å². The summed E-state index contributed by atoms with van der Waals surface area (Å²) in [6.07, 6.45) is 2.18. The second-order valence-corrected chi connectivity index (χ2v) is 8.47. The molecule has 4 aromatic rings. The van der Waals surface area contributed by atoms with Gasteiger partial charge in [0.1, 0.15) is 22.1 Å². The van der Waals surface area contributed by atoms with E-state index in [1.54, 1.807) is 0 Å². The molecule has 1 saturated carbocycles. The Bertz CT molecular complexity index is 1270. The van der Waals surface area contributed by atoms with E-state index in [1.807, 2.05) is 54.6 Å². The number of carbonyl (C=O) groups is 1. The number of fused-ring (bicyclic) bond motifs is 1. The molecule has 156 valence electrons. The predicted octanol–water partition coefficient (Wildman–Crippen LogP) is 4.19. The smallest absolute Gasteiger partial charge is 0.260 e. The van der Waals surface area contributed by atoms with Crippen molar-refractivity contribution >= 4 is 39.1 Å². The summed E-state index contributed by atoms with van der Waals surface area (Å²) in [6.45, 7) is 0.422. The third-order valence-corrected chi connectivity index (χ3v) is 6.22. The highest BCUT2D eigenvalue weighted by Gasteiger charge is 2.26. The van der Waals surface area contributed by atoms with Gasteiger partial charge in [0, 0.05) is 11.6 Å². The molecular weight excluding hydrogens is 410 g/mol. The van der Waals surface area contributed by atoms with Crippen LogP contribution in [0.4, 0.5) is 11.6 Å².